The number of benzene rings is 1. The van der Waals surface area contributed by atoms with E-state index in [2.05, 4.69) is 11.4 Å². The Morgan fingerprint density at radius 3 is 2.53 bits per heavy atom. The highest BCUT2D eigenvalue weighted by Crippen LogP contribution is 2.32. The number of amides is 1. The summed E-state index contributed by atoms with van der Waals surface area (Å²) in [4.78, 5) is 11.5. The van der Waals surface area contributed by atoms with Crippen LogP contribution in [0, 0.1) is 18.3 Å². The molecule has 0 saturated carbocycles. The summed E-state index contributed by atoms with van der Waals surface area (Å²) in [7, 11) is 0. The highest BCUT2D eigenvalue weighted by Gasteiger charge is 2.27. The molecule has 2 rings (SSSR count). The molecule has 3 nitrogen and oxygen atoms in total. The van der Waals surface area contributed by atoms with Crippen LogP contribution >= 0.6 is 0 Å². The van der Waals surface area contributed by atoms with E-state index in [1.807, 2.05) is 31.2 Å². The van der Waals surface area contributed by atoms with Crippen LogP contribution in [0.15, 0.2) is 35.5 Å². The van der Waals surface area contributed by atoms with Gasteiger partial charge in [-0.15, -0.1) is 0 Å². The third-order valence-electron chi connectivity index (χ3n) is 3.07. The molecule has 0 bridgehead atoms. The van der Waals surface area contributed by atoms with E-state index in [0.29, 0.717) is 17.7 Å². The van der Waals surface area contributed by atoms with Gasteiger partial charge in [0.25, 0.3) is 0 Å². The van der Waals surface area contributed by atoms with Gasteiger partial charge in [-0.1, -0.05) is 29.8 Å². The SMILES string of the molecule is CC1=C(C#N)C(c2ccc(C)cc2)CC(=O)N1. The van der Waals surface area contributed by atoms with E-state index >= 15 is 0 Å². The van der Waals surface area contributed by atoms with E-state index < -0.39 is 0 Å². The number of carbonyl (C=O) groups excluding carboxylic acids is 1. The summed E-state index contributed by atoms with van der Waals surface area (Å²) in [6.45, 7) is 3.79. The van der Waals surface area contributed by atoms with Crippen LogP contribution < -0.4 is 5.32 Å². The fraction of sp³-hybridized carbons (Fsp3) is 0.286. The number of carbonyl (C=O) groups is 1. The van der Waals surface area contributed by atoms with Gasteiger partial charge in [0, 0.05) is 18.0 Å². The molecule has 1 aliphatic rings. The molecule has 0 aliphatic carbocycles. The maximum absolute atomic E-state index is 11.5. The lowest BCUT2D eigenvalue weighted by Gasteiger charge is -2.23. The smallest absolute Gasteiger partial charge is 0.225 e. The first kappa shape index (κ1) is 11.4. The Bertz CT molecular complexity index is 520. The largest absolute Gasteiger partial charge is 0.329 e. The van der Waals surface area contributed by atoms with E-state index in [-0.39, 0.29) is 11.8 Å². The van der Waals surface area contributed by atoms with Gasteiger partial charge in [-0.3, -0.25) is 4.79 Å². The molecule has 0 aromatic heterocycles. The summed E-state index contributed by atoms with van der Waals surface area (Å²) < 4.78 is 0. The molecule has 1 N–H and O–H groups in total. The Morgan fingerprint density at radius 1 is 1.29 bits per heavy atom. The zero-order valence-corrected chi connectivity index (χ0v) is 9.95. The highest BCUT2D eigenvalue weighted by atomic mass is 16.1. The Morgan fingerprint density at radius 2 is 1.94 bits per heavy atom. The van der Waals surface area contributed by atoms with E-state index in [9.17, 15) is 10.1 Å². The minimum absolute atomic E-state index is 0.0212. The first-order valence-corrected chi connectivity index (χ1v) is 5.59. The quantitative estimate of drug-likeness (QED) is 0.799. The number of allylic oxidation sites excluding steroid dienone is 2. The van der Waals surface area contributed by atoms with Gasteiger partial charge in [0.1, 0.15) is 0 Å². The monoisotopic (exact) mass is 226 g/mol. The number of nitrogens with one attached hydrogen (secondary N) is 1. The predicted molar refractivity (Wildman–Crippen MR) is 65.0 cm³/mol. The van der Waals surface area contributed by atoms with Gasteiger partial charge in [-0.05, 0) is 19.4 Å². The van der Waals surface area contributed by atoms with Gasteiger partial charge >= 0.3 is 0 Å². The molecule has 0 spiro atoms. The molecule has 1 aromatic carbocycles. The lowest BCUT2D eigenvalue weighted by atomic mass is 9.85. The van der Waals surface area contributed by atoms with E-state index in [0.717, 1.165) is 5.56 Å². The molecule has 0 radical (unpaired) electrons. The zero-order chi connectivity index (χ0) is 12.4. The van der Waals surface area contributed by atoms with Crippen LogP contribution in [-0.2, 0) is 4.79 Å². The average Bonchev–Trinajstić information content (AvgIpc) is 2.29. The second-order valence-corrected chi connectivity index (χ2v) is 4.37. The number of hydrogen-bond donors (Lipinski definition) is 1. The van der Waals surface area contributed by atoms with Crippen molar-refractivity contribution in [3.8, 4) is 6.07 Å². The summed E-state index contributed by atoms with van der Waals surface area (Å²) in [5.74, 6) is -0.124. The van der Waals surface area contributed by atoms with E-state index in [1.54, 1.807) is 6.92 Å². The zero-order valence-electron chi connectivity index (χ0n) is 9.95. The number of nitrogens with zero attached hydrogens (tertiary/aromatic N) is 1. The first-order valence-electron chi connectivity index (χ1n) is 5.59. The van der Waals surface area contributed by atoms with Gasteiger partial charge in [0.2, 0.25) is 5.91 Å². The van der Waals surface area contributed by atoms with Gasteiger partial charge in [0.05, 0.1) is 11.6 Å². The molecule has 1 amide bonds. The van der Waals surface area contributed by atoms with Crippen LogP contribution in [0.1, 0.15) is 30.4 Å². The predicted octanol–water partition coefficient (Wildman–Crippen LogP) is 2.40. The maximum Gasteiger partial charge on any atom is 0.225 e. The molecule has 0 fully saturated rings. The van der Waals surface area contributed by atoms with Crippen molar-refractivity contribution in [3.05, 3.63) is 46.7 Å². The molecule has 1 aromatic rings. The van der Waals surface area contributed by atoms with Gasteiger partial charge in [-0.2, -0.15) is 5.26 Å². The van der Waals surface area contributed by atoms with E-state index in [4.69, 9.17) is 0 Å². The maximum atomic E-state index is 11.5. The Kier molecular flexibility index (Phi) is 2.97. The van der Waals surface area contributed by atoms with Crippen LogP contribution in [0.2, 0.25) is 0 Å². The Labute approximate surface area is 101 Å². The molecule has 0 saturated heterocycles. The fourth-order valence-electron chi connectivity index (χ4n) is 2.12. The molecule has 1 aliphatic heterocycles. The fourth-order valence-corrected chi connectivity index (χ4v) is 2.12. The van der Waals surface area contributed by atoms with Crippen molar-refractivity contribution in [1.29, 1.82) is 5.26 Å². The number of hydrogen-bond acceptors (Lipinski definition) is 2. The summed E-state index contributed by atoms with van der Waals surface area (Å²) in [6, 6.07) is 10.2. The van der Waals surface area contributed by atoms with Crippen molar-refractivity contribution in [2.24, 2.45) is 0 Å². The van der Waals surface area contributed by atoms with Crippen LogP contribution in [0.3, 0.4) is 0 Å². The molecule has 1 heterocycles. The standard InChI is InChI=1S/C14H14N2O/c1-9-3-5-11(6-4-9)12-7-14(17)16-10(2)13(12)8-15/h3-6,12H,7H2,1-2H3,(H,16,17). The number of aryl methyl sites for hydroxylation is 1. The molecule has 1 atom stereocenters. The van der Waals surface area contributed by atoms with Gasteiger partial charge in [0.15, 0.2) is 0 Å². The summed E-state index contributed by atoms with van der Waals surface area (Å²) in [5, 5.41) is 11.9. The highest BCUT2D eigenvalue weighted by molar-refractivity contribution is 5.81. The second-order valence-electron chi connectivity index (χ2n) is 4.37. The molecular formula is C14H14N2O. The molecule has 86 valence electrons. The third kappa shape index (κ3) is 2.21. The minimum Gasteiger partial charge on any atom is -0.329 e. The third-order valence-corrected chi connectivity index (χ3v) is 3.07. The van der Waals surface area contributed by atoms with Crippen LogP contribution in [0.25, 0.3) is 0 Å². The Hall–Kier alpha value is -2.08. The summed E-state index contributed by atoms with van der Waals surface area (Å²) in [5.41, 5.74) is 3.54. The van der Waals surface area contributed by atoms with Gasteiger partial charge in [-0.25, -0.2) is 0 Å². The Balaban J connectivity index is 2.43. The number of nitriles is 1. The van der Waals surface area contributed by atoms with Crippen molar-refractivity contribution >= 4 is 5.91 Å². The summed E-state index contributed by atoms with van der Waals surface area (Å²) >= 11 is 0. The lowest BCUT2D eigenvalue weighted by molar-refractivity contribution is -0.121. The van der Waals surface area contributed by atoms with Crippen LogP contribution in [-0.4, -0.2) is 5.91 Å². The van der Waals surface area contributed by atoms with Crippen molar-refractivity contribution in [1.82, 2.24) is 5.32 Å². The minimum atomic E-state index is -0.102. The number of rotatable bonds is 1. The topological polar surface area (TPSA) is 52.9 Å². The normalized spacial score (nSPS) is 19.8. The molecule has 1 unspecified atom stereocenters. The summed E-state index contributed by atoms with van der Waals surface area (Å²) in [6.07, 6.45) is 0.350. The van der Waals surface area contributed by atoms with Crippen molar-refractivity contribution in [2.75, 3.05) is 0 Å². The van der Waals surface area contributed by atoms with Gasteiger partial charge < -0.3 is 5.32 Å². The van der Waals surface area contributed by atoms with E-state index in [1.165, 1.54) is 5.56 Å². The van der Waals surface area contributed by atoms with Crippen molar-refractivity contribution < 1.29 is 4.79 Å². The molecule has 3 heteroatoms. The van der Waals surface area contributed by atoms with Crippen molar-refractivity contribution in [3.63, 3.8) is 0 Å². The van der Waals surface area contributed by atoms with Crippen molar-refractivity contribution in [2.45, 2.75) is 26.2 Å². The molecule has 17 heavy (non-hydrogen) atoms. The van der Waals surface area contributed by atoms with Crippen LogP contribution in [0.4, 0.5) is 0 Å². The molecular weight excluding hydrogens is 212 g/mol. The van der Waals surface area contributed by atoms with Crippen LogP contribution in [0.5, 0.6) is 0 Å². The first-order chi connectivity index (χ1) is 8.11. The average molecular weight is 226 g/mol. The lowest BCUT2D eigenvalue weighted by Crippen LogP contribution is -2.30. The second kappa shape index (κ2) is 4.42.